The highest BCUT2D eigenvalue weighted by Gasteiger charge is 2.23. The Hall–Kier alpha value is -1.42. The summed E-state index contributed by atoms with van der Waals surface area (Å²) in [6.07, 6.45) is 6.83. The molecule has 25 heavy (non-hydrogen) atoms. The van der Waals surface area contributed by atoms with Gasteiger partial charge in [-0.1, -0.05) is 39.5 Å². The van der Waals surface area contributed by atoms with Crippen molar-refractivity contribution >= 4 is 17.6 Å². The molecule has 0 spiro atoms. The number of alkyl halides is 1. The van der Waals surface area contributed by atoms with Gasteiger partial charge in [0.1, 0.15) is 17.6 Å². The quantitative estimate of drug-likeness (QED) is 0.298. The maximum atomic E-state index is 11.5. The first-order valence-corrected chi connectivity index (χ1v) is 9.61. The lowest BCUT2D eigenvalue weighted by Gasteiger charge is -2.24. The van der Waals surface area contributed by atoms with E-state index in [0.717, 1.165) is 32.1 Å². The molecule has 0 bridgehead atoms. The van der Waals surface area contributed by atoms with Gasteiger partial charge in [-0.25, -0.2) is 0 Å². The van der Waals surface area contributed by atoms with Gasteiger partial charge in [-0.3, -0.25) is 4.79 Å². The zero-order chi connectivity index (χ0) is 18.8. The molecule has 2 N–H and O–H groups in total. The Labute approximate surface area is 156 Å². The first-order valence-electron chi connectivity index (χ1n) is 9.17. The van der Waals surface area contributed by atoms with Gasteiger partial charge in [0.25, 0.3) is 0 Å². The lowest BCUT2D eigenvalue weighted by molar-refractivity contribution is -0.149. The van der Waals surface area contributed by atoms with Gasteiger partial charge in [-0.15, -0.1) is 11.6 Å². The van der Waals surface area contributed by atoms with Crippen molar-refractivity contribution in [3.63, 3.8) is 0 Å². The monoisotopic (exact) mass is 370 g/mol. The van der Waals surface area contributed by atoms with Crippen LogP contribution in [-0.4, -0.2) is 21.6 Å². The molecule has 0 fully saturated rings. The van der Waals surface area contributed by atoms with Crippen molar-refractivity contribution < 1.29 is 19.7 Å². The average molecular weight is 371 g/mol. The number of esters is 1. The maximum Gasteiger partial charge on any atom is 0.303 e. The second kappa shape index (κ2) is 11.2. The van der Waals surface area contributed by atoms with Crippen LogP contribution in [0.15, 0.2) is 18.2 Å². The van der Waals surface area contributed by atoms with E-state index >= 15 is 0 Å². The van der Waals surface area contributed by atoms with E-state index in [-0.39, 0.29) is 28.8 Å². The van der Waals surface area contributed by atoms with Crippen molar-refractivity contribution in [2.24, 2.45) is 5.92 Å². The van der Waals surface area contributed by atoms with E-state index in [0.29, 0.717) is 5.56 Å². The molecule has 0 heterocycles. The first-order chi connectivity index (χ1) is 11.8. The second-order valence-corrected chi connectivity index (χ2v) is 7.43. The van der Waals surface area contributed by atoms with Crippen LogP contribution in [0, 0.1) is 5.92 Å². The first kappa shape index (κ1) is 21.6. The highest BCUT2D eigenvalue weighted by molar-refractivity contribution is 6.20. The molecule has 1 aromatic carbocycles. The van der Waals surface area contributed by atoms with Crippen LogP contribution in [0.2, 0.25) is 0 Å². The molecule has 0 aliphatic rings. The summed E-state index contributed by atoms with van der Waals surface area (Å²) in [4.78, 5) is 11.5. The smallest absolute Gasteiger partial charge is 0.303 e. The molecule has 5 heteroatoms. The fourth-order valence-corrected chi connectivity index (χ4v) is 3.34. The van der Waals surface area contributed by atoms with Crippen LogP contribution < -0.4 is 0 Å². The summed E-state index contributed by atoms with van der Waals surface area (Å²) in [6, 6.07) is 4.32. The number of carbonyl (C=O) groups excluding carboxylic acids is 1. The molecule has 4 nitrogen and oxygen atoms in total. The van der Waals surface area contributed by atoms with E-state index in [4.69, 9.17) is 16.3 Å². The van der Waals surface area contributed by atoms with Crippen LogP contribution in [0.3, 0.4) is 0 Å². The van der Waals surface area contributed by atoms with Crippen LogP contribution >= 0.6 is 11.6 Å². The van der Waals surface area contributed by atoms with Crippen LogP contribution in [-0.2, 0) is 9.53 Å². The second-order valence-electron chi connectivity index (χ2n) is 6.81. The average Bonchev–Trinajstić information content (AvgIpc) is 2.53. The molecule has 1 aromatic rings. The van der Waals surface area contributed by atoms with Crippen molar-refractivity contribution in [2.75, 3.05) is 0 Å². The minimum Gasteiger partial charge on any atom is -0.508 e. The van der Waals surface area contributed by atoms with Crippen LogP contribution in [0.1, 0.15) is 77.4 Å². The Morgan fingerprint density at radius 1 is 1.08 bits per heavy atom. The molecular formula is C20H31ClO4. The number of phenolic OH excluding ortho intramolecular Hbond substituents is 2. The number of carbonyl (C=O) groups is 1. The minimum absolute atomic E-state index is 0.0414. The fourth-order valence-electron chi connectivity index (χ4n) is 3.03. The topological polar surface area (TPSA) is 66.8 Å². The maximum absolute atomic E-state index is 11.5. The van der Waals surface area contributed by atoms with Crippen LogP contribution in [0.5, 0.6) is 11.5 Å². The van der Waals surface area contributed by atoms with Crippen molar-refractivity contribution in [1.82, 2.24) is 0 Å². The minimum atomic E-state index is -0.484. The Morgan fingerprint density at radius 2 is 1.64 bits per heavy atom. The zero-order valence-corrected chi connectivity index (χ0v) is 16.3. The van der Waals surface area contributed by atoms with E-state index in [1.165, 1.54) is 38.0 Å². The van der Waals surface area contributed by atoms with E-state index in [1.54, 1.807) is 0 Å². The standard InChI is InChI=1S/C20H31ClO4/c1-4-5-9-17(21)10-7-6-8-14(2)20(25-15(3)22)16-11-18(23)13-19(24)12-16/h11-14,17,20,23-24H,4-10H2,1-3H3. The predicted molar refractivity (Wildman–Crippen MR) is 101 cm³/mol. The number of unbranched alkanes of at least 4 members (excludes halogenated alkanes) is 2. The number of benzene rings is 1. The molecule has 0 saturated heterocycles. The lowest BCUT2D eigenvalue weighted by Crippen LogP contribution is -2.16. The van der Waals surface area contributed by atoms with Crippen LogP contribution in [0.25, 0.3) is 0 Å². The summed E-state index contributed by atoms with van der Waals surface area (Å²) in [5, 5.41) is 19.6. The summed E-state index contributed by atoms with van der Waals surface area (Å²) in [5.41, 5.74) is 0.610. The van der Waals surface area contributed by atoms with E-state index in [1.807, 2.05) is 6.92 Å². The molecule has 1 rings (SSSR count). The molecule has 3 atom stereocenters. The zero-order valence-electron chi connectivity index (χ0n) is 15.5. The third-order valence-corrected chi connectivity index (χ3v) is 4.80. The van der Waals surface area contributed by atoms with Gasteiger partial charge in [-0.05, 0) is 37.3 Å². The van der Waals surface area contributed by atoms with Gasteiger partial charge in [0, 0.05) is 23.9 Å². The van der Waals surface area contributed by atoms with Crippen molar-refractivity contribution in [3.8, 4) is 11.5 Å². The van der Waals surface area contributed by atoms with Crippen molar-refractivity contribution in [1.29, 1.82) is 0 Å². The summed E-state index contributed by atoms with van der Waals surface area (Å²) >= 11 is 6.31. The Bertz CT molecular complexity index is 512. The SMILES string of the molecule is CCCCC(Cl)CCCCC(C)C(OC(C)=O)c1cc(O)cc(O)c1. The number of hydrogen-bond acceptors (Lipinski definition) is 4. The summed E-state index contributed by atoms with van der Waals surface area (Å²) < 4.78 is 5.45. The fraction of sp³-hybridized carbons (Fsp3) is 0.650. The summed E-state index contributed by atoms with van der Waals surface area (Å²) in [5.74, 6) is -0.380. The molecule has 0 saturated carbocycles. The molecule has 0 aromatic heterocycles. The van der Waals surface area contributed by atoms with E-state index < -0.39 is 6.10 Å². The molecule has 0 radical (unpaired) electrons. The number of phenols is 2. The number of halogens is 1. The third-order valence-electron chi connectivity index (χ3n) is 4.36. The highest BCUT2D eigenvalue weighted by atomic mass is 35.5. The van der Waals surface area contributed by atoms with Gasteiger partial charge in [-0.2, -0.15) is 0 Å². The molecule has 0 amide bonds. The van der Waals surface area contributed by atoms with Gasteiger partial charge in [0.2, 0.25) is 0 Å². The number of ether oxygens (including phenoxy) is 1. The van der Waals surface area contributed by atoms with Crippen molar-refractivity contribution in [3.05, 3.63) is 23.8 Å². The Kier molecular flexibility index (Phi) is 9.73. The van der Waals surface area contributed by atoms with Gasteiger partial charge in [0.05, 0.1) is 0 Å². The number of aromatic hydroxyl groups is 2. The van der Waals surface area contributed by atoms with Crippen molar-refractivity contribution in [2.45, 2.75) is 77.2 Å². The normalized spacial score (nSPS) is 14.7. The van der Waals surface area contributed by atoms with Gasteiger partial charge < -0.3 is 14.9 Å². The lowest BCUT2D eigenvalue weighted by atomic mass is 9.91. The van der Waals surface area contributed by atoms with Gasteiger partial charge in [0.15, 0.2) is 0 Å². The summed E-state index contributed by atoms with van der Waals surface area (Å²) in [7, 11) is 0. The third kappa shape index (κ3) is 8.48. The Morgan fingerprint density at radius 3 is 2.20 bits per heavy atom. The molecular weight excluding hydrogens is 340 g/mol. The van der Waals surface area contributed by atoms with E-state index in [9.17, 15) is 15.0 Å². The molecule has 0 aliphatic heterocycles. The Balaban J connectivity index is 2.59. The highest BCUT2D eigenvalue weighted by Crippen LogP contribution is 2.34. The number of rotatable bonds is 11. The molecule has 0 aliphatic carbocycles. The van der Waals surface area contributed by atoms with E-state index in [2.05, 4.69) is 6.92 Å². The predicted octanol–water partition coefficient (Wildman–Crippen LogP) is 5.70. The summed E-state index contributed by atoms with van der Waals surface area (Å²) in [6.45, 7) is 5.55. The molecule has 3 unspecified atom stereocenters. The van der Waals surface area contributed by atoms with Gasteiger partial charge >= 0.3 is 5.97 Å². The number of hydrogen-bond donors (Lipinski definition) is 2. The molecule has 142 valence electrons. The largest absolute Gasteiger partial charge is 0.508 e. The van der Waals surface area contributed by atoms with Crippen LogP contribution in [0.4, 0.5) is 0 Å².